The molecule has 0 N–H and O–H groups in total. The van der Waals surface area contributed by atoms with E-state index < -0.39 is 0 Å². The second-order valence-electron chi connectivity index (χ2n) is 4.30. The van der Waals surface area contributed by atoms with Crippen molar-refractivity contribution in [3.63, 3.8) is 0 Å². The van der Waals surface area contributed by atoms with Crippen molar-refractivity contribution in [2.24, 2.45) is 0 Å². The van der Waals surface area contributed by atoms with E-state index in [1.165, 1.54) is 5.57 Å². The van der Waals surface area contributed by atoms with Crippen molar-refractivity contribution in [3.8, 4) is 0 Å². The quantitative estimate of drug-likeness (QED) is 0.588. The molecule has 0 aliphatic carbocycles. The smallest absolute Gasteiger partial charge is 0.0625 e. The molecule has 0 saturated carbocycles. The highest BCUT2D eigenvalue weighted by molar-refractivity contribution is 4.98. The summed E-state index contributed by atoms with van der Waals surface area (Å²) < 4.78 is 10.4. The molecule has 0 saturated heterocycles. The molecule has 0 aromatic rings. The third-order valence-corrected chi connectivity index (χ3v) is 2.49. The average molecular weight is 200 g/mol. The lowest BCUT2D eigenvalue weighted by atomic mass is 10.0. The van der Waals surface area contributed by atoms with Gasteiger partial charge in [0.2, 0.25) is 0 Å². The Morgan fingerprint density at radius 1 is 1.29 bits per heavy atom. The maximum absolute atomic E-state index is 5.35. The minimum absolute atomic E-state index is 0.00195. The SMILES string of the molecule is COCCC(C)=CCCC(C)(C)OC. The molecule has 0 aromatic carbocycles. The molecule has 0 bridgehead atoms. The van der Waals surface area contributed by atoms with Crippen molar-refractivity contribution in [2.45, 2.75) is 45.6 Å². The minimum atomic E-state index is -0.00195. The van der Waals surface area contributed by atoms with Gasteiger partial charge in [-0.15, -0.1) is 0 Å². The molecule has 0 rings (SSSR count). The van der Waals surface area contributed by atoms with E-state index in [-0.39, 0.29) is 5.60 Å². The first-order valence-corrected chi connectivity index (χ1v) is 5.21. The van der Waals surface area contributed by atoms with E-state index in [9.17, 15) is 0 Å². The van der Waals surface area contributed by atoms with E-state index in [0.29, 0.717) is 0 Å². The summed E-state index contributed by atoms with van der Waals surface area (Å²) in [5, 5.41) is 0. The first-order valence-electron chi connectivity index (χ1n) is 5.21. The van der Waals surface area contributed by atoms with Crippen molar-refractivity contribution >= 4 is 0 Å². The number of methoxy groups -OCH3 is 2. The number of hydrogen-bond donors (Lipinski definition) is 0. The standard InChI is InChI=1S/C12H24O2/c1-11(8-10-13-4)7-6-9-12(2,3)14-5/h7H,6,8-10H2,1-5H3. The lowest BCUT2D eigenvalue weighted by Gasteiger charge is -2.21. The van der Waals surface area contributed by atoms with Crippen LogP contribution in [0.4, 0.5) is 0 Å². The average Bonchev–Trinajstić information content (AvgIpc) is 2.14. The highest BCUT2D eigenvalue weighted by atomic mass is 16.5. The Morgan fingerprint density at radius 2 is 1.93 bits per heavy atom. The molecule has 0 atom stereocenters. The molecule has 0 amide bonds. The topological polar surface area (TPSA) is 18.5 Å². The van der Waals surface area contributed by atoms with Crippen LogP contribution in [-0.2, 0) is 9.47 Å². The van der Waals surface area contributed by atoms with Crippen molar-refractivity contribution < 1.29 is 9.47 Å². The number of allylic oxidation sites excluding steroid dienone is 1. The van der Waals surface area contributed by atoms with Gasteiger partial charge in [0.25, 0.3) is 0 Å². The minimum Gasteiger partial charge on any atom is -0.384 e. The van der Waals surface area contributed by atoms with Crippen molar-refractivity contribution in [2.75, 3.05) is 20.8 Å². The van der Waals surface area contributed by atoms with Gasteiger partial charge in [-0.1, -0.05) is 11.6 Å². The van der Waals surface area contributed by atoms with E-state index in [1.54, 1.807) is 14.2 Å². The van der Waals surface area contributed by atoms with E-state index in [0.717, 1.165) is 25.9 Å². The summed E-state index contributed by atoms with van der Waals surface area (Å²) in [5.74, 6) is 0. The summed E-state index contributed by atoms with van der Waals surface area (Å²) in [5.41, 5.74) is 1.40. The van der Waals surface area contributed by atoms with E-state index in [2.05, 4.69) is 26.8 Å². The normalized spacial score (nSPS) is 13.4. The van der Waals surface area contributed by atoms with Crippen molar-refractivity contribution in [1.29, 1.82) is 0 Å². The molecule has 0 aromatic heterocycles. The molecular weight excluding hydrogens is 176 g/mol. The molecular formula is C12H24O2. The van der Waals surface area contributed by atoms with Crippen LogP contribution in [0.2, 0.25) is 0 Å². The Balaban J connectivity index is 3.69. The lowest BCUT2D eigenvalue weighted by molar-refractivity contribution is 0.0163. The van der Waals surface area contributed by atoms with Gasteiger partial charge < -0.3 is 9.47 Å². The molecule has 0 radical (unpaired) electrons. The Bertz CT molecular complexity index is 171. The summed E-state index contributed by atoms with van der Waals surface area (Å²) in [6, 6.07) is 0. The number of hydrogen-bond acceptors (Lipinski definition) is 2. The molecule has 0 spiro atoms. The summed E-state index contributed by atoms with van der Waals surface area (Å²) >= 11 is 0. The van der Waals surface area contributed by atoms with Gasteiger partial charge in [-0.25, -0.2) is 0 Å². The molecule has 0 unspecified atom stereocenters. The number of ether oxygens (including phenoxy) is 2. The first-order chi connectivity index (χ1) is 6.52. The van der Waals surface area contributed by atoms with Gasteiger partial charge in [0, 0.05) is 20.8 Å². The van der Waals surface area contributed by atoms with Gasteiger partial charge in [0.05, 0.1) is 5.60 Å². The highest BCUT2D eigenvalue weighted by Gasteiger charge is 2.14. The van der Waals surface area contributed by atoms with Crippen LogP contribution in [0.3, 0.4) is 0 Å². The molecule has 0 fully saturated rings. The van der Waals surface area contributed by atoms with Crippen LogP contribution in [-0.4, -0.2) is 26.4 Å². The van der Waals surface area contributed by atoms with Crippen LogP contribution in [0.15, 0.2) is 11.6 Å². The summed E-state index contributed by atoms with van der Waals surface area (Å²) in [6.07, 6.45) is 5.45. The van der Waals surface area contributed by atoms with E-state index in [4.69, 9.17) is 9.47 Å². The molecule has 2 nitrogen and oxygen atoms in total. The lowest BCUT2D eigenvalue weighted by Crippen LogP contribution is -2.21. The van der Waals surface area contributed by atoms with Crippen LogP contribution in [0.5, 0.6) is 0 Å². The molecule has 2 heteroatoms. The monoisotopic (exact) mass is 200 g/mol. The molecule has 14 heavy (non-hydrogen) atoms. The third kappa shape index (κ3) is 7.10. The largest absolute Gasteiger partial charge is 0.384 e. The van der Waals surface area contributed by atoms with Gasteiger partial charge in [-0.3, -0.25) is 0 Å². The zero-order valence-corrected chi connectivity index (χ0v) is 10.2. The number of rotatable bonds is 7. The van der Waals surface area contributed by atoms with Crippen LogP contribution in [0.25, 0.3) is 0 Å². The fourth-order valence-electron chi connectivity index (χ4n) is 1.13. The van der Waals surface area contributed by atoms with Gasteiger partial charge >= 0.3 is 0 Å². The van der Waals surface area contributed by atoms with Crippen LogP contribution < -0.4 is 0 Å². The molecule has 84 valence electrons. The van der Waals surface area contributed by atoms with Crippen LogP contribution >= 0.6 is 0 Å². The third-order valence-electron chi connectivity index (χ3n) is 2.49. The van der Waals surface area contributed by atoms with Crippen LogP contribution in [0, 0.1) is 0 Å². The Hall–Kier alpha value is -0.340. The van der Waals surface area contributed by atoms with Gasteiger partial charge in [-0.2, -0.15) is 0 Å². The van der Waals surface area contributed by atoms with Crippen molar-refractivity contribution in [1.82, 2.24) is 0 Å². The molecule has 0 aliphatic heterocycles. The molecule has 0 heterocycles. The predicted octanol–water partition coefficient (Wildman–Crippen LogP) is 3.17. The summed E-state index contributed by atoms with van der Waals surface area (Å²) in [7, 11) is 3.50. The maximum atomic E-state index is 5.35. The van der Waals surface area contributed by atoms with E-state index >= 15 is 0 Å². The second kappa shape index (κ2) is 7.02. The van der Waals surface area contributed by atoms with Crippen molar-refractivity contribution in [3.05, 3.63) is 11.6 Å². The zero-order valence-electron chi connectivity index (χ0n) is 10.2. The Morgan fingerprint density at radius 3 is 2.43 bits per heavy atom. The van der Waals surface area contributed by atoms with Gasteiger partial charge in [0.1, 0.15) is 0 Å². The van der Waals surface area contributed by atoms with E-state index in [1.807, 2.05) is 0 Å². The highest BCUT2D eigenvalue weighted by Crippen LogP contribution is 2.16. The second-order valence-corrected chi connectivity index (χ2v) is 4.30. The fraction of sp³-hybridized carbons (Fsp3) is 0.833. The van der Waals surface area contributed by atoms with Gasteiger partial charge in [0.15, 0.2) is 0 Å². The zero-order chi connectivity index (χ0) is 11.0. The Kier molecular flexibility index (Phi) is 6.85. The Labute approximate surface area is 88.3 Å². The fourth-order valence-corrected chi connectivity index (χ4v) is 1.13. The first kappa shape index (κ1) is 13.7. The molecule has 0 aliphatic rings. The van der Waals surface area contributed by atoms with Crippen LogP contribution in [0.1, 0.15) is 40.0 Å². The summed E-state index contributed by atoms with van der Waals surface area (Å²) in [6.45, 7) is 7.20. The summed E-state index contributed by atoms with van der Waals surface area (Å²) in [4.78, 5) is 0. The predicted molar refractivity (Wildman–Crippen MR) is 60.6 cm³/mol. The van der Waals surface area contributed by atoms with Gasteiger partial charge in [-0.05, 0) is 40.0 Å². The maximum Gasteiger partial charge on any atom is 0.0625 e.